The van der Waals surface area contributed by atoms with E-state index in [0.29, 0.717) is 35.2 Å². The van der Waals surface area contributed by atoms with Crippen molar-refractivity contribution < 1.29 is 19.1 Å². The maximum Gasteiger partial charge on any atom is 0.251 e. The number of ether oxygens (including phenoxy) is 2. The number of methoxy groups -OCH3 is 1. The second-order valence-electron chi connectivity index (χ2n) is 6.77. The molecule has 32 heavy (non-hydrogen) atoms. The second-order valence-corrected chi connectivity index (χ2v) is 7.20. The molecule has 0 saturated heterocycles. The summed E-state index contributed by atoms with van der Waals surface area (Å²) in [5.41, 5.74) is 1.36. The molecule has 0 spiro atoms. The Balaban J connectivity index is 1.35. The molecule has 0 saturated carbocycles. The van der Waals surface area contributed by atoms with Crippen molar-refractivity contribution in [1.29, 1.82) is 0 Å². The lowest BCUT2D eigenvalue weighted by atomic mass is 10.2. The van der Waals surface area contributed by atoms with Crippen LogP contribution in [0.5, 0.6) is 17.2 Å². The average Bonchev–Trinajstić information content (AvgIpc) is 2.82. The first-order valence-corrected chi connectivity index (χ1v) is 10.4. The van der Waals surface area contributed by atoms with Crippen LogP contribution in [0, 0.1) is 0 Å². The molecule has 3 aromatic rings. The van der Waals surface area contributed by atoms with Crippen molar-refractivity contribution in [3.63, 3.8) is 0 Å². The number of hydrogen-bond acceptors (Lipinski definition) is 5. The molecule has 0 aliphatic rings. The third-order valence-electron chi connectivity index (χ3n) is 4.44. The Kier molecular flexibility index (Phi) is 8.34. The highest BCUT2D eigenvalue weighted by Gasteiger charge is 2.08. The number of amides is 2. The molecule has 0 heterocycles. The third kappa shape index (κ3) is 7.21. The summed E-state index contributed by atoms with van der Waals surface area (Å²) in [4.78, 5) is 24.2. The fourth-order valence-electron chi connectivity index (χ4n) is 2.76. The first-order chi connectivity index (χ1) is 15.5. The summed E-state index contributed by atoms with van der Waals surface area (Å²) >= 11 is 5.86. The van der Waals surface area contributed by atoms with E-state index in [2.05, 4.69) is 16.0 Å². The predicted molar refractivity (Wildman–Crippen MR) is 125 cm³/mol. The van der Waals surface area contributed by atoms with Gasteiger partial charge in [0.05, 0.1) is 13.7 Å². The Morgan fingerprint density at radius 2 is 1.38 bits per heavy atom. The van der Waals surface area contributed by atoms with E-state index in [1.54, 1.807) is 55.6 Å². The van der Waals surface area contributed by atoms with Crippen molar-refractivity contribution >= 4 is 29.1 Å². The first-order valence-electron chi connectivity index (χ1n) is 10.00. The standard InChI is InChI=1S/C24H24ClN3O4/c1-31-20-12-6-19(7-13-20)26-14-15-27-23(29)16-28-24(30)17-2-8-21(9-3-17)32-22-10-4-18(25)5-11-22/h2-13,26H,14-16H2,1H3,(H,27,29)(H,28,30). The van der Waals surface area contributed by atoms with Crippen molar-refractivity contribution in [3.05, 3.63) is 83.4 Å². The van der Waals surface area contributed by atoms with Gasteiger partial charge >= 0.3 is 0 Å². The summed E-state index contributed by atoms with van der Waals surface area (Å²) in [6.07, 6.45) is 0. The minimum atomic E-state index is -0.338. The van der Waals surface area contributed by atoms with E-state index in [4.69, 9.17) is 21.1 Å². The molecule has 166 valence electrons. The number of carbonyl (C=O) groups is 2. The molecule has 0 fully saturated rings. The minimum absolute atomic E-state index is 0.107. The van der Waals surface area contributed by atoms with Gasteiger partial charge in [-0.1, -0.05) is 11.6 Å². The fourth-order valence-corrected chi connectivity index (χ4v) is 2.88. The molecule has 0 atom stereocenters. The summed E-state index contributed by atoms with van der Waals surface area (Å²) < 4.78 is 10.8. The van der Waals surface area contributed by atoms with Crippen LogP contribution in [-0.2, 0) is 4.79 Å². The quantitative estimate of drug-likeness (QED) is 0.402. The zero-order valence-corrected chi connectivity index (χ0v) is 18.3. The summed E-state index contributed by atoms with van der Waals surface area (Å²) in [6, 6.07) is 21.1. The molecule has 3 aromatic carbocycles. The Morgan fingerprint density at radius 3 is 2.00 bits per heavy atom. The molecule has 0 unspecified atom stereocenters. The first kappa shape index (κ1) is 23.0. The van der Waals surface area contributed by atoms with E-state index in [0.717, 1.165) is 11.4 Å². The highest BCUT2D eigenvalue weighted by atomic mass is 35.5. The minimum Gasteiger partial charge on any atom is -0.497 e. The summed E-state index contributed by atoms with van der Waals surface area (Å²) in [7, 11) is 1.61. The number of carbonyl (C=O) groups excluding carboxylic acids is 2. The smallest absolute Gasteiger partial charge is 0.251 e. The number of anilines is 1. The lowest BCUT2D eigenvalue weighted by molar-refractivity contribution is -0.120. The van der Waals surface area contributed by atoms with Gasteiger partial charge in [0, 0.05) is 29.4 Å². The van der Waals surface area contributed by atoms with Crippen molar-refractivity contribution in [2.75, 3.05) is 32.1 Å². The molecule has 0 bridgehead atoms. The SMILES string of the molecule is COc1ccc(NCCNC(=O)CNC(=O)c2ccc(Oc3ccc(Cl)cc3)cc2)cc1. The molecule has 3 N–H and O–H groups in total. The van der Waals surface area contributed by atoms with Crippen LogP contribution < -0.4 is 25.4 Å². The van der Waals surface area contributed by atoms with Crippen LogP contribution >= 0.6 is 11.6 Å². The zero-order valence-electron chi connectivity index (χ0n) is 17.6. The van der Waals surface area contributed by atoms with Gasteiger partial charge < -0.3 is 25.4 Å². The number of rotatable bonds is 10. The summed E-state index contributed by atoms with van der Waals surface area (Å²) in [5.74, 6) is 1.41. The maximum atomic E-state index is 12.3. The van der Waals surface area contributed by atoms with Crippen molar-refractivity contribution in [2.24, 2.45) is 0 Å². The molecule has 0 aromatic heterocycles. The fraction of sp³-hybridized carbons (Fsp3) is 0.167. The molecular weight excluding hydrogens is 430 g/mol. The van der Waals surface area contributed by atoms with Crippen LogP contribution in [0.3, 0.4) is 0 Å². The highest BCUT2D eigenvalue weighted by molar-refractivity contribution is 6.30. The van der Waals surface area contributed by atoms with Crippen LogP contribution in [-0.4, -0.2) is 38.6 Å². The third-order valence-corrected chi connectivity index (χ3v) is 4.69. The lowest BCUT2D eigenvalue weighted by Gasteiger charge is -2.10. The molecule has 0 radical (unpaired) electrons. The number of nitrogens with one attached hydrogen (secondary N) is 3. The lowest BCUT2D eigenvalue weighted by Crippen LogP contribution is -2.38. The Bertz CT molecular complexity index is 1020. The van der Waals surface area contributed by atoms with Crippen LogP contribution in [0.15, 0.2) is 72.8 Å². The molecule has 2 amide bonds. The monoisotopic (exact) mass is 453 g/mol. The largest absolute Gasteiger partial charge is 0.497 e. The van der Waals surface area contributed by atoms with Gasteiger partial charge in [0.2, 0.25) is 5.91 Å². The maximum absolute atomic E-state index is 12.3. The molecule has 0 aliphatic carbocycles. The van der Waals surface area contributed by atoms with Gasteiger partial charge in [-0.2, -0.15) is 0 Å². The normalized spacial score (nSPS) is 10.2. The van der Waals surface area contributed by atoms with Gasteiger partial charge in [0.25, 0.3) is 5.91 Å². The van der Waals surface area contributed by atoms with E-state index < -0.39 is 0 Å². The molecule has 0 aliphatic heterocycles. The van der Waals surface area contributed by atoms with Crippen LogP contribution in [0.1, 0.15) is 10.4 Å². The summed E-state index contributed by atoms with van der Waals surface area (Å²) in [6.45, 7) is 0.878. The van der Waals surface area contributed by atoms with Crippen molar-refractivity contribution in [2.45, 2.75) is 0 Å². The van der Waals surface area contributed by atoms with Gasteiger partial charge in [0.1, 0.15) is 17.2 Å². The Morgan fingerprint density at radius 1 is 0.781 bits per heavy atom. The topological polar surface area (TPSA) is 88.7 Å². The van der Waals surface area contributed by atoms with E-state index in [-0.39, 0.29) is 18.4 Å². The van der Waals surface area contributed by atoms with Crippen LogP contribution in [0.25, 0.3) is 0 Å². The van der Waals surface area contributed by atoms with E-state index in [9.17, 15) is 9.59 Å². The number of halogens is 1. The van der Waals surface area contributed by atoms with Crippen LogP contribution in [0.4, 0.5) is 5.69 Å². The van der Waals surface area contributed by atoms with Gasteiger partial charge in [0.15, 0.2) is 0 Å². The van der Waals surface area contributed by atoms with E-state index in [1.165, 1.54) is 0 Å². The van der Waals surface area contributed by atoms with Crippen LogP contribution in [0.2, 0.25) is 5.02 Å². The van der Waals surface area contributed by atoms with Gasteiger partial charge in [-0.25, -0.2) is 0 Å². The van der Waals surface area contributed by atoms with Gasteiger partial charge in [-0.3, -0.25) is 9.59 Å². The second kappa shape index (κ2) is 11.6. The van der Waals surface area contributed by atoms with Gasteiger partial charge in [-0.05, 0) is 72.8 Å². The predicted octanol–water partition coefficient (Wildman–Crippen LogP) is 4.10. The highest BCUT2D eigenvalue weighted by Crippen LogP contribution is 2.23. The Labute approximate surface area is 191 Å². The molecule has 7 nitrogen and oxygen atoms in total. The molecular formula is C24H24ClN3O4. The average molecular weight is 454 g/mol. The molecule has 3 rings (SSSR count). The zero-order chi connectivity index (χ0) is 22.8. The molecule has 8 heteroatoms. The number of benzene rings is 3. The van der Waals surface area contributed by atoms with Crippen molar-refractivity contribution in [1.82, 2.24) is 10.6 Å². The van der Waals surface area contributed by atoms with E-state index in [1.807, 2.05) is 24.3 Å². The van der Waals surface area contributed by atoms with Gasteiger partial charge in [-0.15, -0.1) is 0 Å². The number of hydrogen-bond donors (Lipinski definition) is 3. The summed E-state index contributed by atoms with van der Waals surface area (Å²) in [5, 5.41) is 9.18. The van der Waals surface area contributed by atoms with Crippen molar-refractivity contribution in [3.8, 4) is 17.2 Å². The van der Waals surface area contributed by atoms with E-state index >= 15 is 0 Å². The Hall–Kier alpha value is -3.71.